The molecule has 0 aliphatic rings. The molecule has 4 N–H and O–H groups in total. The number of rotatable bonds is 0. The quantitative estimate of drug-likeness (QED) is 0.259. The van der Waals surface area contributed by atoms with E-state index in [9.17, 15) is 0 Å². The fourth-order valence-corrected chi connectivity index (χ4v) is 0. The molecule has 0 aliphatic heterocycles. The third kappa shape index (κ3) is 1120. The van der Waals surface area contributed by atoms with Gasteiger partial charge in [-0.15, -0.1) is 0 Å². The zero-order chi connectivity index (χ0) is 9.00. The van der Waals surface area contributed by atoms with Crippen LogP contribution in [0, 0.1) is 0 Å². The zero-order valence-electron chi connectivity index (χ0n) is 6.44. The number of hydrogen-bond donors (Lipinski definition) is 1. The Morgan fingerprint density at radius 1 is 0.692 bits per heavy atom. The van der Waals surface area contributed by atoms with E-state index in [1.54, 1.807) is 0 Å². The molecule has 0 saturated carbocycles. The van der Waals surface area contributed by atoms with Crippen molar-refractivity contribution in [3.63, 3.8) is 0 Å². The standard InChI is InChI=1S/Fe.H3N.Na.2H2O4S/c;;;2*1-5(2,3)4/h;1H3;;2*(H2,1,2,3,4)/q+2;;+1;;/p-3. The molecule has 9 nitrogen and oxygen atoms in total. The van der Waals surface area contributed by atoms with Crippen molar-refractivity contribution in [1.29, 1.82) is 0 Å². The fourth-order valence-electron chi connectivity index (χ4n) is 0. The molecular weight excluding hydrogens is 285 g/mol. The molecule has 0 saturated heterocycles. The minimum absolute atomic E-state index is 0. The molecule has 78 valence electrons. The predicted molar refractivity (Wildman–Crippen MR) is 26.9 cm³/mol. The van der Waals surface area contributed by atoms with E-state index >= 15 is 0 Å². The number of quaternary nitrogens is 1. The van der Waals surface area contributed by atoms with Crippen molar-refractivity contribution in [3.05, 3.63) is 0 Å². The molecular formula is H4FeNNaO8S2. The van der Waals surface area contributed by atoms with Crippen molar-refractivity contribution in [2.45, 2.75) is 0 Å². The van der Waals surface area contributed by atoms with Gasteiger partial charge in [-0.25, -0.2) is 0 Å². The second kappa shape index (κ2) is 11.3. The van der Waals surface area contributed by atoms with Crippen LogP contribution < -0.4 is 35.7 Å². The van der Waals surface area contributed by atoms with Gasteiger partial charge in [0.2, 0.25) is 0 Å². The van der Waals surface area contributed by atoms with Crippen molar-refractivity contribution in [3.8, 4) is 0 Å². The van der Waals surface area contributed by atoms with Gasteiger partial charge in [0, 0.05) is 20.8 Å². The molecule has 0 aliphatic carbocycles. The molecule has 0 atom stereocenters. The van der Waals surface area contributed by atoms with Gasteiger partial charge < -0.3 is 24.4 Å². The van der Waals surface area contributed by atoms with E-state index < -0.39 is 20.8 Å². The smallest absolute Gasteiger partial charge is 0.759 e. The fraction of sp³-hybridized carbons (Fsp3) is 0. The Morgan fingerprint density at radius 3 is 0.692 bits per heavy atom. The maximum absolute atomic E-state index is 8.52. The summed E-state index contributed by atoms with van der Waals surface area (Å²) in [6, 6.07) is 0. The van der Waals surface area contributed by atoms with E-state index in [1.165, 1.54) is 0 Å². The van der Waals surface area contributed by atoms with Gasteiger partial charge in [0.25, 0.3) is 0 Å². The molecule has 0 rings (SSSR count). The summed E-state index contributed by atoms with van der Waals surface area (Å²) in [5.41, 5.74) is 0. The van der Waals surface area contributed by atoms with Crippen molar-refractivity contribution in [2.24, 2.45) is 0 Å². The van der Waals surface area contributed by atoms with Crippen molar-refractivity contribution in [2.75, 3.05) is 0 Å². The average molecular weight is 289 g/mol. The van der Waals surface area contributed by atoms with Gasteiger partial charge in [-0.2, -0.15) is 0 Å². The molecule has 0 aromatic heterocycles. The Bertz CT molecular complexity index is 219. The van der Waals surface area contributed by atoms with Crippen LogP contribution in [-0.2, 0) is 37.9 Å². The van der Waals surface area contributed by atoms with Crippen LogP contribution in [0.4, 0.5) is 0 Å². The second-order valence-electron chi connectivity index (χ2n) is 0.816. The molecule has 0 aromatic rings. The molecule has 0 spiro atoms. The Kier molecular flexibility index (Phi) is 25.4. The van der Waals surface area contributed by atoms with Gasteiger partial charge in [0.05, 0.1) is 0 Å². The normalized spacial score (nSPS) is 8.92. The minimum atomic E-state index is -5.17. The van der Waals surface area contributed by atoms with Crippen LogP contribution in [0.15, 0.2) is 0 Å². The van der Waals surface area contributed by atoms with E-state index in [2.05, 4.69) is 0 Å². The molecule has 0 unspecified atom stereocenters. The summed E-state index contributed by atoms with van der Waals surface area (Å²) in [7, 11) is -10.3. The van der Waals surface area contributed by atoms with Crippen LogP contribution >= 0.6 is 0 Å². The average Bonchev–Trinajstić information content (AvgIpc) is 1.12. The van der Waals surface area contributed by atoms with Crippen LogP contribution in [0.3, 0.4) is 0 Å². The Hall–Kier alpha value is 1.22. The van der Waals surface area contributed by atoms with Crippen LogP contribution in [-0.4, -0.2) is 35.0 Å². The first-order valence-corrected chi connectivity index (χ1v) is 4.00. The Balaban J connectivity index is -0.0000000267. The summed E-state index contributed by atoms with van der Waals surface area (Å²) in [6.07, 6.45) is 0. The molecule has 0 radical (unpaired) electrons. The van der Waals surface area contributed by atoms with Gasteiger partial charge >= 0.3 is 46.6 Å². The van der Waals surface area contributed by atoms with Gasteiger partial charge in [-0.05, 0) is 0 Å². The monoisotopic (exact) mass is 289 g/mol. The summed E-state index contributed by atoms with van der Waals surface area (Å²) in [5.74, 6) is 0. The summed E-state index contributed by atoms with van der Waals surface area (Å²) in [4.78, 5) is 0. The molecule has 0 bridgehead atoms. The first-order valence-electron chi connectivity index (χ1n) is 1.33. The topological polar surface area (TPSA) is 197 Å². The van der Waals surface area contributed by atoms with Gasteiger partial charge in [-0.3, -0.25) is 16.8 Å². The maximum atomic E-state index is 8.52. The molecule has 0 amide bonds. The summed E-state index contributed by atoms with van der Waals surface area (Å²) >= 11 is 0. The molecule has 0 fully saturated rings. The third-order valence-electron chi connectivity index (χ3n) is 0. The largest absolute Gasteiger partial charge is 2.00 e. The van der Waals surface area contributed by atoms with Crippen molar-refractivity contribution in [1.82, 2.24) is 6.15 Å². The Labute approximate surface area is 108 Å². The number of hydrogen-bond acceptors (Lipinski definition) is 8. The van der Waals surface area contributed by atoms with Crippen LogP contribution in [0.25, 0.3) is 0 Å². The van der Waals surface area contributed by atoms with Crippen LogP contribution in [0.2, 0.25) is 0 Å². The summed E-state index contributed by atoms with van der Waals surface area (Å²) in [6.45, 7) is 0. The van der Waals surface area contributed by atoms with Crippen LogP contribution in [0.1, 0.15) is 0 Å². The predicted octanol–water partition coefficient (Wildman–Crippen LogP) is -5.30. The SMILES string of the molecule is O=S(=O)([O-])[O-].O=S(=O)([O-])[O-].[Fe+2].[NH4+].[Na+]. The summed E-state index contributed by atoms with van der Waals surface area (Å²) in [5, 5.41) is 0. The Morgan fingerprint density at radius 2 is 0.692 bits per heavy atom. The first-order chi connectivity index (χ1) is 4.00. The second-order valence-corrected chi connectivity index (χ2v) is 2.45. The first kappa shape index (κ1) is 29.2. The van der Waals surface area contributed by atoms with E-state index in [1.807, 2.05) is 0 Å². The van der Waals surface area contributed by atoms with E-state index in [-0.39, 0.29) is 52.8 Å². The molecule has 13 heteroatoms. The summed E-state index contributed by atoms with van der Waals surface area (Å²) < 4.78 is 68.2. The molecule has 0 heterocycles. The maximum Gasteiger partial charge on any atom is 2.00 e. The molecule has 13 heavy (non-hydrogen) atoms. The van der Waals surface area contributed by atoms with Crippen LogP contribution in [0.5, 0.6) is 0 Å². The van der Waals surface area contributed by atoms with Crippen molar-refractivity contribution < 1.29 is 81.7 Å². The van der Waals surface area contributed by atoms with E-state index in [0.29, 0.717) is 0 Å². The minimum Gasteiger partial charge on any atom is -0.759 e. The third-order valence-corrected chi connectivity index (χ3v) is 0. The zero-order valence-corrected chi connectivity index (χ0v) is 11.2. The van der Waals surface area contributed by atoms with Gasteiger partial charge in [-0.1, -0.05) is 0 Å². The van der Waals surface area contributed by atoms with Gasteiger partial charge in [0.15, 0.2) is 0 Å². The van der Waals surface area contributed by atoms with Crippen molar-refractivity contribution >= 4 is 20.8 Å². The van der Waals surface area contributed by atoms with Gasteiger partial charge in [0.1, 0.15) is 0 Å². The van der Waals surface area contributed by atoms with E-state index in [4.69, 9.17) is 35.0 Å². The molecule has 0 aromatic carbocycles. The van der Waals surface area contributed by atoms with E-state index in [0.717, 1.165) is 0 Å².